The lowest BCUT2D eigenvalue weighted by Crippen LogP contribution is -2.21. The lowest BCUT2D eigenvalue weighted by Gasteiger charge is -2.11. The van der Waals surface area contributed by atoms with Crippen LogP contribution >= 0.6 is 11.6 Å². The minimum absolute atomic E-state index is 0.542. The molecule has 0 fully saturated rings. The molecule has 0 aliphatic heterocycles. The molecule has 15 heavy (non-hydrogen) atoms. The van der Waals surface area contributed by atoms with Gasteiger partial charge in [0.1, 0.15) is 5.75 Å². The molecule has 0 saturated carbocycles. The van der Waals surface area contributed by atoms with E-state index in [1.54, 1.807) is 0 Å². The number of benzene rings is 1. The number of ether oxygens (including phenoxy) is 1. The van der Waals surface area contributed by atoms with Gasteiger partial charge in [-0.2, -0.15) is 0 Å². The van der Waals surface area contributed by atoms with Crippen molar-refractivity contribution >= 4 is 11.6 Å². The summed E-state index contributed by atoms with van der Waals surface area (Å²) in [5.41, 5.74) is 0. The van der Waals surface area contributed by atoms with Gasteiger partial charge in [0.15, 0.2) is 0 Å². The summed E-state index contributed by atoms with van der Waals surface area (Å²) in [4.78, 5) is 0. The lowest BCUT2D eigenvalue weighted by atomic mass is 10.2. The van der Waals surface area contributed by atoms with Crippen LogP contribution in [-0.4, -0.2) is 19.7 Å². The largest absolute Gasteiger partial charge is 0.492 e. The van der Waals surface area contributed by atoms with Gasteiger partial charge in [-0.05, 0) is 38.9 Å². The molecule has 0 aliphatic carbocycles. The molecule has 1 rings (SSSR count). The van der Waals surface area contributed by atoms with Gasteiger partial charge < -0.3 is 10.1 Å². The number of hydrogen-bond acceptors (Lipinski definition) is 2. The van der Waals surface area contributed by atoms with E-state index in [1.807, 2.05) is 31.3 Å². The highest BCUT2D eigenvalue weighted by Crippen LogP contribution is 2.23. The average molecular weight is 228 g/mol. The van der Waals surface area contributed by atoms with Gasteiger partial charge in [-0.3, -0.25) is 0 Å². The van der Waals surface area contributed by atoms with Gasteiger partial charge in [0.05, 0.1) is 11.6 Å². The number of rotatable bonds is 6. The first-order chi connectivity index (χ1) is 7.24. The van der Waals surface area contributed by atoms with Crippen LogP contribution in [0.1, 0.15) is 19.8 Å². The highest BCUT2D eigenvalue weighted by Gasteiger charge is 2.00. The van der Waals surface area contributed by atoms with Crippen molar-refractivity contribution in [1.29, 1.82) is 0 Å². The van der Waals surface area contributed by atoms with Crippen molar-refractivity contribution in [1.82, 2.24) is 5.32 Å². The third kappa shape index (κ3) is 4.54. The topological polar surface area (TPSA) is 21.3 Å². The van der Waals surface area contributed by atoms with Crippen LogP contribution in [0.5, 0.6) is 5.75 Å². The Balaban J connectivity index is 2.23. The second-order valence-electron chi connectivity index (χ2n) is 3.61. The fraction of sp³-hybridized carbons (Fsp3) is 0.500. The van der Waals surface area contributed by atoms with Crippen LogP contribution in [0.15, 0.2) is 24.3 Å². The molecule has 84 valence electrons. The summed E-state index contributed by atoms with van der Waals surface area (Å²) in [6, 6.07) is 8.10. The SMILES string of the molecule is CNC(C)CCCOc1ccccc1Cl. The molecule has 0 aliphatic rings. The molecule has 1 unspecified atom stereocenters. The van der Waals surface area contributed by atoms with E-state index in [0.29, 0.717) is 11.1 Å². The van der Waals surface area contributed by atoms with Crippen LogP contribution < -0.4 is 10.1 Å². The lowest BCUT2D eigenvalue weighted by molar-refractivity contribution is 0.299. The summed E-state index contributed by atoms with van der Waals surface area (Å²) in [5.74, 6) is 0.774. The third-order valence-corrected chi connectivity index (χ3v) is 2.68. The zero-order valence-electron chi connectivity index (χ0n) is 9.29. The number of hydrogen-bond donors (Lipinski definition) is 1. The second kappa shape index (κ2) is 6.70. The Kier molecular flexibility index (Phi) is 5.51. The van der Waals surface area contributed by atoms with Gasteiger partial charge in [-0.1, -0.05) is 23.7 Å². The fourth-order valence-electron chi connectivity index (χ4n) is 1.28. The van der Waals surface area contributed by atoms with Gasteiger partial charge in [0.2, 0.25) is 0 Å². The summed E-state index contributed by atoms with van der Waals surface area (Å²) < 4.78 is 5.57. The van der Waals surface area contributed by atoms with Crippen LogP contribution in [0.4, 0.5) is 0 Å². The van der Waals surface area contributed by atoms with Crippen LogP contribution in [0, 0.1) is 0 Å². The maximum absolute atomic E-state index is 5.96. The molecule has 2 nitrogen and oxygen atoms in total. The molecule has 0 bridgehead atoms. The minimum atomic E-state index is 0.542. The molecule has 1 aromatic carbocycles. The van der Waals surface area contributed by atoms with Crippen LogP contribution in [0.3, 0.4) is 0 Å². The van der Waals surface area contributed by atoms with Crippen LogP contribution in [-0.2, 0) is 0 Å². The van der Waals surface area contributed by atoms with Gasteiger partial charge in [-0.25, -0.2) is 0 Å². The summed E-state index contributed by atoms with van der Waals surface area (Å²) in [6.45, 7) is 2.88. The van der Waals surface area contributed by atoms with Gasteiger partial charge >= 0.3 is 0 Å². The smallest absolute Gasteiger partial charge is 0.137 e. The molecule has 0 heterocycles. The Morgan fingerprint density at radius 3 is 2.80 bits per heavy atom. The van der Waals surface area contributed by atoms with Crippen LogP contribution in [0.2, 0.25) is 5.02 Å². The molecule has 1 atom stereocenters. The highest BCUT2D eigenvalue weighted by molar-refractivity contribution is 6.32. The molecule has 1 aromatic rings. The van der Waals surface area contributed by atoms with E-state index in [-0.39, 0.29) is 0 Å². The maximum Gasteiger partial charge on any atom is 0.137 e. The zero-order valence-corrected chi connectivity index (χ0v) is 10.1. The van der Waals surface area contributed by atoms with Crippen molar-refractivity contribution in [2.75, 3.05) is 13.7 Å². The predicted octanol–water partition coefficient (Wildman–Crippen LogP) is 3.11. The highest BCUT2D eigenvalue weighted by atomic mass is 35.5. The summed E-state index contributed by atoms with van der Waals surface area (Å²) in [6.07, 6.45) is 2.15. The summed E-state index contributed by atoms with van der Waals surface area (Å²) in [5, 5.41) is 3.87. The number of para-hydroxylation sites is 1. The first-order valence-electron chi connectivity index (χ1n) is 5.28. The fourth-order valence-corrected chi connectivity index (χ4v) is 1.47. The molecule has 0 spiro atoms. The van der Waals surface area contributed by atoms with Crippen molar-refractivity contribution in [2.45, 2.75) is 25.8 Å². The number of halogens is 1. The minimum Gasteiger partial charge on any atom is -0.492 e. The van der Waals surface area contributed by atoms with E-state index >= 15 is 0 Å². The van der Waals surface area contributed by atoms with Crippen molar-refractivity contribution in [3.05, 3.63) is 29.3 Å². The third-order valence-electron chi connectivity index (χ3n) is 2.37. The van der Waals surface area contributed by atoms with Gasteiger partial charge in [0, 0.05) is 6.04 Å². The van der Waals surface area contributed by atoms with E-state index in [0.717, 1.165) is 25.2 Å². The predicted molar refractivity (Wildman–Crippen MR) is 64.7 cm³/mol. The van der Waals surface area contributed by atoms with Crippen molar-refractivity contribution in [3.8, 4) is 5.75 Å². The van der Waals surface area contributed by atoms with Crippen molar-refractivity contribution < 1.29 is 4.74 Å². The molecule has 0 radical (unpaired) electrons. The van der Waals surface area contributed by atoms with Gasteiger partial charge in [0.25, 0.3) is 0 Å². The zero-order chi connectivity index (χ0) is 11.1. The van der Waals surface area contributed by atoms with E-state index in [2.05, 4.69) is 12.2 Å². The molecular formula is C12H18ClNO. The molecule has 0 aromatic heterocycles. The maximum atomic E-state index is 5.96. The Bertz CT molecular complexity index is 291. The first kappa shape index (κ1) is 12.3. The molecule has 0 amide bonds. The molecule has 0 saturated heterocycles. The molecule has 3 heteroatoms. The summed E-state index contributed by atoms with van der Waals surface area (Å²) in [7, 11) is 1.97. The van der Waals surface area contributed by atoms with Crippen LogP contribution in [0.25, 0.3) is 0 Å². The monoisotopic (exact) mass is 227 g/mol. The first-order valence-corrected chi connectivity index (χ1v) is 5.66. The molecule has 1 N–H and O–H groups in total. The van der Waals surface area contributed by atoms with Crippen molar-refractivity contribution in [3.63, 3.8) is 0 Å². The normalized spacial score (nSPS) is 12.5. The van der Waals surface area contributed by atoms with E-state index < -0.39 is 0 Å². The van der Waals surface area contributed by atoms with Gasteiger partial charge in [-0.15, -0.1) is 0 Å². The average Bonchev–Trinajstić information content (AvgIpc) is 2.26. The number of nitrogens with one attached hydrogen (secondary N) is 1. The van der Waals surface area contributed by atoms with E-state index in [4.69, 9.17) is 16.3 Å². The van der Waals surface area contributed by atoms with E-state index in [9.17, 15) is 0 Å². The molecular weight excluding hydrogens is 210 g/mol. The Morgan fingerprint density at radius 1 is 1.40 bits per heavy atom. The second-order valence-corrected chi connectivity index (χ2v) is 4.02. The standard InChI is InChI=1S/C12H18ClNO/c1-10(14-2)6-5-9-15-12-8-4-3-7-11(12)13/h3-4,7-8,10,14H,5-6,9H2,1-2H3. The Hall–Kier alpha value is -0.730. The van der Waals surface area contributed by atoms with E-state index in [1.165, 1.54) is 0 Å². The van der Waals surface area contributed by atoms with Crippen molar-refractivity contribution in [2.24, 2.45) is 0 Å². The Morgan fingerprint density at radius 2 is 2.13 bits per heavy atom. The quantitative estimate of drug-likeness (QED) is 0.755. The summed E-state index contributed by atoms with van der Waals surface area (Å²) >= 11 is 5.96. The Labute approximate surface area is 96.6 Å².